The number of aromatic hydroxyl groups is 2. The molecule has 100 valence electrons. The van der Waals surface area contributed by atoms with Crippen LogP contribution in [0.4, 0.5) is 5.69 Å². The summed E-state index contributed by atoms with van der Waals surface area (Å²) < 4.78 is 0. The van der Waals surface area contributed by atoms with Crippen LogP contribution >= 0.6 is 0 Å². The fraction of sp³-hybridized carbons (Fsp3) is 0.0625. The molecule has 1 heterocycles. The lowest BCUT2D eigenvalue weighted by Gasteiger charge is -2.10. The van der Waals surface area contributed by atoms with E-state index in [1.54, 1.807) is 18.3 Å². The van der Waals surface area contributed by atoms with Crippen molar-refractivity contribution in [2.24, 2.45) is 0 Å². The van der Waals surface area contributed by atoms with Gasteiger partial charge in [-0.2, -0.15) is 0 Å². The van der Waals surface area contributed by atoms with Gasteiger partial charge in [0.15, 0.2) is 11.5 Å². The van der Waals surface area contributed by atoms with Gasteiger partial charge in [0.1, 0.15) is 0 Å². The summed E-state index contributed by atoms with van der Waals surface area (Å²) in [5.41, 5.74) is 1.88. The molecule has 0 fully saturated rings. The van der Waals surface area contributed by atoms with Crippen molar-refractivity contribution in [1.82, 2.24) is 4.98 Å². The zero-order valence-corrected chi connectivity index (χ0v) is 10.7. The molecular weight excluding hydrogens is 252 g/mol. The number of phenols is 2. The smallest absolute Gasteiger partial charge is 0.157 e. The number of pyridine rings is 1. The van der Waals surface area contributed by atoms with Gasteiger partial charge in [0.25, 0.3) is 0 Å². The van der Waals surface area contributed by atoms with E-state index in [4.69, 9.17) is 0 Å². The monoisotopic (exact) mass is 266 g/mol. The number of fused-ring (bicyclic) bond motifs is 1. The number of hydrogen-bond acceptors (Lipinski definition) is 4. The maximum Gasteiger partial charge on any atom is 0.157 e. The standard InChI is InChI=1S/C16H14N2O2/c19-15-5-4-11(8-16(15)20)9-18-14-3-1-2-12-6-7-17-10-13(12)14/h1-8,10,18-20H,9H2. The largest absolute Gasteiger partial charge is 0.504 e. The Hall–Kier alpha value is -2.75. The van der Waals surface area contributed by atoms with E-state index in [0.29, 0.717) is 6.54 Å². The Labute approximate surface area is 116 Å². The summed E-state index contributed by atoms with van der Waals surface area (Å²) in [4.78, 5) is 4.14. The number of rotatable bonds is 3. The van der Waals surface area contributed by atoms with E-state index < -0.39 is 0 Å². The summed E-state index contributed by atoms with van der Waals surface area (Å²) in [5, 5.41) is 24.3. The number of nitrogens with zero attached hydrogens (tertiary/aromatic N) is 1. The Morgan fingerprint density at radius 3 is 2.75 bits per heavy atom. The van der Waals surface area contributed by atoms with Gasteiger partial charge in [0.05, 0.1) is 0 Å². The van der Waals surface area contributed by atoms with Gasteiger partial charge in [-0.05, 0) is 35.2 Å². The van der Waals surface area contributed by atoms with Crippen molar-refractivity contribution in [1.29, 1.82) is 0 Å². The SMILES string of the molecule is Oc1ccc(CNc2cccc3ccncc23)cc1O. The quantitative estimate of drug-likeness (QED) is 0.637. The second kappa shape index (κ2) is 5.09. The highest BCUT2D eigenvalue weighted by Crippen LogP contribution is 2.26. The van der Waals surface area contributed by atoms with Crippen LogP contribution < -0.4 is 5.32 Å². The van der Waals surface area contributed by atoms with Gasteiger partial charge >= 0.3 is 0 Å². The molecule has 1 aromatic heterocycles. The first-order valence-corrected chi connectivity index (χ1v) is 6.31. The highest BCUT2D eigenvalue weighted by molar-refractivity contribution is 5.93. The Bertz CT molecular complexity index is 751. The third kappa shape index (κ3) is 2.36. The molecule has 3 N–H and O–H groups in total. The third-order valence-corrected chi connectivity index (χ3v) is 3.21. The number of anilines is 1. The van der Waals surface area contributed by atoms with Crippen molar-refractivity contribution in [2.45, 2.75) is 6.54 Å². The third-order valence-electron chi connectivity index (χ3n) is 3.21. The predicted molar refractivity (Wildman–Crippen MR) is 78.8 cm³/mol. The number of nitrogens with one attached hydrogen (secondary N) is 1. The highest BCUT2D eigenvalue weighted by Gasteiger charge is 2.03. The van der Waals surface area contributed by atoms with Crippen molar-refractivity contribution in [3.05, 3.63) is 60.4 Å². The first-order chi connectivity index (χ1) is 9.74. The molecule has 0 aliphatic rings. The van der Waals surface area contributed by atoms with E-state index in [1.165, 1.54) is 6.07 Å². The van der Waals surface area contributed by atoms with E-state index >= 15 is 0 Å². The van der Waals surface area contributed by atoms with Gasteiger partial charge in [0, 0.05) is 30.0 Å². The zero-order valence-electron chi connectivity index (χ0n) is 10.7. The molecule has 2 aromatic carbocycles. The molecule has 0 spiro atoms. The molecule has 3 aromatic rings. The van der Waals surface area contributed by atoms with Gasteiger partial charge in [-0.1, -0.05) is 18.2 Å². The molecule has 3 rings (SSSR count). The molecular formula is C16H14N2O2. The topological polar surface area (TPSA) is 65.4 Å². The van der Waals surface area contributed by atoms with E-state index in [9.17, 15) is 10.2 Å². The minimum atomic E-state index is -0.108. The first-order valence-electron chi connectivity index (χ1n) is 6.31. The predicted octanol–water partition coefficient (Wildman–Crippen LogP) is 3.26. The van der Waals surface area contributed by atoms with Crippen molar-refractivity contribution < 1.29 is 10.2 Å². The number of hydrogen-bond donors (Lipinski definition) is 3. The summed E-state index contributed by atoms with van der Waals surface area (Å²) in [6.45, 7) is 0.557. The second-order valence-corrected chi connectivity index (χ2v) is 4.58. The molecule has 0 bridgehead atoms. The Balaban J connectivity index is 1.85. The summed E-state index contributed by atoms with van der Waals surface area (Å²) in [6, 6.07) is 12.8. The van der Waals surface area contributed by atoms with Crippen LogP contribution in [0.5, 0.6) is 11.5 Å². The van der Waals surface area contributed by atoms with Crippen molar-refractivity contribution in [3.8, 4) is 11.5 Å². The van der Waals surface area contributed by atoms with Crippen LogP contribution in [0.2, 0.25) is 0 Å². The second-order valence-electron chi connectivity index (χ2n) is 4.58. The van der Waals surface area contributed by atoms with Crippen LogP contribution in [0.25, 0.3) is 10.8 Å². The average molecular weight is 266 g/mol. The van der Waals surface area contributed by atoms with Crippen molar-refractivity contribution >= 4 is 16.5 Å². The van der Waals surface area contributed by atoms with Crippen LogP contribution in [0.15, 0.2) is 54.9 Å². The highest BCUT2D eigenvalue weighted by atomic mass is 16.3. The molecule has 0 aliphatic carbocycles. The lowest BCUT2D eigenvalue weighted by atomic mass is 10.1. The van der Waals surface area contributed by atoms with Crippen molar-refractivity contribution in [3.63, 3.8) is 0 Å². The van der Waals surface area contributed by atoms with Gasteiger partial charge < -0.3 is 15.5 Å². The summed E-state index contributed by atoms with van der Waals surface area (Å²) >= 11 is 0. The zero-order chi connectivity index (χ0) is 13.9. The van der Waals surface area contributed by atoms with Crippen LogP contribution in [-0.4, -0.2) is 15.2 Å². The molecule has 0 radical (unpaired) electrons. The maximum atomic E-state index is 9.48. The van der Waals surface area contributed by atoms with Crippen molar-refractivity contribution in [2.75, 3.05) is 5.32 Å². The molecule has 0 amide bonds. The number of benzene rings is 2. The first kappa shape index (κ1) is 12.3. The molecule has 0 aliphatic heterocycles. The molecule has 20 heavy (non-hydrogen) atoms. The molecule has 0 unspecified atom stereocenters. The van der Waals surface area contributed by atoms with E-state index in [1.807, 2.05) is 30.5 Å². The van der Waals surface area contributed by atoms with Gasteiger partial charge in [-0.3, -0.25) is 4.98 Å². The maximum absolute atomic E-state index is 9.48. The fourth-order valence-corrected chi connectivity index (χ4v) is 2.14. The number of aromatic nitrogens is 1. The van der Waals surface area contributed by atoms with Crippen LogP contribution in [-0.2, 0) is 6.54 Å². The summed E-state index contributed by atoms with van der Waals surface area (Å²) in [5.74, 6) is -0.216. The van der Waals surface area contributed by atoms with E-state index in [-0.39, 0.29) is 11.5 Å². The van der Waals surface area contributed by atoms with E-state index in [0.717, 1.165) is 22.0 Å². The summed E-state index contributed by atoms with van der Waals surface area (Å²) in [6.07, 6.45) is 3.59. The Morgan fingerprint density at radius 2 is 1.90 bits per heavy atom. The van der Waals surface area contributed by atoms with E-state index in [2.05, 4.69) is 10.3 Å². The van der Waals surface area contributed by atoms with Gasteiger partial charge in [-0.25, -0.2) is 0 Å². The Kier molecular flexibility index (Phi) is 3.13. The summed E-state index contributed by atoms with van der Waals surface area (Å²) in [7, 11) is 0. The van der Waals surface area contributed by atoms with Crippen LogP contribution in [0.1, 0.15) is 5.56 Å². The minimum Gasteiger partial charge on any atom is -0.504 e. The average Bonchev–Trinajstić information content (AvgIpc) is 2.48. The fourth-order valence-electron chi connectivity index (χ4n) is 2.14. The normalized spacial score (nSPS) is 10.6. The molecule has 4 nitrogen and oxygen atoms in total. The molecule has 0 atom stereocenters. The van der Waals surface area contributed by atoms with Crippen LogP contribution in [0.3, 0.4) is 0 Å². The number of phenolic OH excluding ortho intramolecular Hbond substituents is 2. The van der Waals surface area contributed by atoms with Gasteiger partial charge in [0.2, 0.25) is 0 Å². The molecule has 4 heteroatoms. The lowest BCUT2D eigenvalue weighted by Crippen LogP contribution is -1.99. The molecule has 0 saturated heterocycles. The molecule has 0 saturated carbocycles. The van der Waals surface area contributed by atoms with Gasteiger partial charge in [-0.15, -0.1) is 0 Å². The Morgan fingerprint density at radius 1 is 1.00 bits per heavy atom. The minimum absolute atomic E-state index is 0.108. The van der Waals surface area contributed by atoms with Crippen LogP contribution in [0, 0.1) is 0 Å². The lowest BCUT2D eigenvalue weighted by molar-refractivity contribution is 0.403.